The van der Waals surface area contributed by atoms with Gasteiger partial charge in [0.1, 0.15) is 17.7 Å². The van der Waals surface area contributed by atoms with Crippen molar-refractivity contribution in [1.29, 1.82) is 0 Å². The van der Waals surface area contributed by atoms with Crippen molar-refractivity contribution in [2.24, 2.45) is 5.41 Å². The van der Waals surface area contributed by atoms with Gasteiger partial charge in [-0.2, -0.15) is 0 Å². The maximum Gasteiger partial charge on any atom is 0.272 e. The van der Waals surface area contributed by atoms with Crippen LogP contribution in [0.5, 0.6) is 0 Å². The van der Waals surface area contributed by atoms with Crippen molar-refractivity contribution in [3.8, 4) is 11.4 Å². The Morgan fingerprint density at radius 2 is 1.89 bits per heavy atom. The lowest BCUT2D eigenvalue weighted by Crippen LogP contribution is -2.56. The fourth-order valence-electron chi connectivity index (χ4n) is 4.59. The molecule has 1 aromatic heterocycles. The number of halogens is 2. The molecule has 2 aliphatic heterocycles. The Kier molecular flexibility index (Phi) is 7.49. The molecule has 0 radical (unpaired) electrons. The minimum Gasteiger partial charge on any atom is -0.378 e. The summed E-state index contributed by atoms with van der Waals surface area (Å²) in [6.45, 7) is 9.61. The van der Waals surface area contributed by atoms with Crippen molar-refractivity contribution in [3.63, 3.8) is 0 Å². The molecule has 1 saturated heterocycles. The van der Waals surface area contributed by atoms with Crippen LogP contribution in [0.1, 0.15) is 43.4 Å². The molecule has 0 unspecified atom stereocenters. The van der Waals surface area contributed by atoms with Gasteiger partial charge >= 0.3 is 0 Å². The van der Waals surface area contributed by atoms with Crippen LogP contribution in [0.2, 0.25) is 5.02 Å². The van der Waals surface area contributed by atoms with Gasteiger partial charge < -0.3 is 24.4 Å². The van der Waals surface area contributed by atoms with Crippen LogP contribution >= 0.6 is 11.6 Å². The van der Waals surface area contributed by atoms with E-state index >= 15 is 0 Å². The van der Waals surface area contributed by atoms with Crippen molar-refractivity contribution >= 4 is 23.4 Å². The first kappa shape index (κ1) is 25.6. The zero-order chi connectivity index (χ0) is 25.3. The lowest BCUT2D eigenvalue weighted by atomic mass is 9.85. The maximum atomic E-state index is 14.8. The van der Waals surface area contributed by atoms with E-state index in [0.717, 1.165) is 13.0 Å². The monoisotopic (exact) mass is 505 g/mol. The average molecular weight is 506 g/mol. The van der Waals surface area contributed by atoms with Crippen LogP contribution in [0.4, 0.5) is 4.39 Å². The highest BCUT2D eigenvalue weighted by Gasteiger charge is 2.38. The SMILES string of the molecule is CN1CCCn2c(-c3cc(Cl)ccc3F)nc(C(=O)N[C@H](C(=O)N3CCOCC3)C(C)(C)C)c2C1. The minimum atomic E-state index is -0.750. The summed E-state index contributed by atoms with van der Waals surface area (Å²) < 4.78 is 22.1. The Balaban J connectivity index is 1.72. The third kappa shape index (κ3) is 5.52. The van der Waals surface area contributed by atoms with Crippen molar-refractivity contribution < 1.29 is 18.7 Å². The normalized spacial score (nSPS) is 18.1. The van der Waals surface area contributed by atoms with Gasteiger partial charge in [-0.05, 0) is 43.6 Å². The van der Waals surface area contributed by atoms with E-state index in [1.54, 1.807) is 4.90 Å². The number of ether oxygens (including phenoxy) is 1. The average Bonchev–Trinajstić information content (AvgIpc) is 3.04. The second-order valence-electron chi connectivity index (χ2n) is 10.3. The second-order valence-corrected chi connectivity index (χ2v) is 10.7. The molecule has 190 valence electrons. The highest BCUT2D eigenvalue weighted by molar-refractivity contribution is 6.30. The number of carbonyl (C=O) groups excluding carboxylic acids is 2. The van der Waals surface area contributed by atoms with Gasteiger partial charge in [-0.25, -0.2) is 9.37 Å². The highest BCUT2D eigenvalue weighted by atomic mass is 35.5. The Morgan fingerprint density at radius 3 is 2.57 bits per heavy atom. The minimum absolute atomic E-state index is 0.141. The van der Waals surface area contributed by atoms with Crippen LogP contribution in [0.25, 0.3) is 11.4 Å². The molecule has 4 rings (SSSR count). The number of morpholine rings is 1. The van der Waals surface area contributed by atoms with Crippen LogP contribution < -0.4 is 5.32 Å². The van der Waals surface area contributed by atoms with E-state index in [4.69, 9.17) is 16.3 Å². The summed E-state index contributed by atoms with van der Waals surface area (Å²) in [6.07, 6.45) is 0.830. The number of nitrogens with zero attached hydrogens (tertiary/aromatic N) is 4. The number of rotatable bonds is 4. The molecule has 0 saturated carbocycles. The predicted molar refractivity (Wildman–Crippen MR) is 132 cm³/mol. The van der Waals surface area contributed by atoms with Gasteiger partial charge in [-0.3, -0.25) is 9.59 Å². The number of carbonyl (C=O) groups is 2. The molecule has 3 heterocycles. The number of hydrogen-bond acceptors (Lipinski definition) is 5. The summed E-state index contributed by atoms with van der Waals surface area (Å²) >= 11 is 6.16. The van der Waals surface area contributed by atoms with E-state index in [-0.39, 0.29) is 17.2 Å². The molecule has 35 heavy (non-hydrogen) atoms. The van der Waals surface area contributed by atoms with Crippen molar-refractivity contribution in [1.82, 2.24) is 24.7 Å². The molecule has 1 atom stereocenters. The molecule has 1 aromatic carbocycles. The highest BCUT2D eigenvalue weighted by Crippen LogP contribution is 2.30. The molecule has 2 aliphatic rings. The second kappa shape index (κ2) is 10.2. The number of benzene rings is 1. The number of amides is 2. The Hall–Kier alpha value is -2.49. The summed E-state index contributed by atoms with van der Waals surface area (Å²) in [4.78, 5) is 35.5. The Bertz CT molecular complexity index is 1110. The fourth-order valence-corrected chi connectivity index (χ4v) is 4.76. The Labute approximate surface area is 210 Å². The predicted octanol–water partition coefficient (Wildman–Crippen LogP) is 3.18. The molecule has 2 aromatic rings. The maximum absolute atomic E-state index is 14.8. The van der Waals surface area contributed by atoms with Crippen molar-refractivity contribution in [2.75, 3.05) is 39.9 Å². The lowest BCUT2D eigenvalue weighted by Gasteiger charge is -2.36. The number of aromatic nitrogens is 2. The molecule has 1 N–H and O–H groups in total. The third-order valence-corrected chi connectivity index (χ3v) is 6.74. The van der Waals surface area contributed by atoms with Crippen LogP contribution in [-0.4, -0.2) is 77.1 Å². The van der Waals surface area contributed by atoms with Gasteiger partial charge in [0.25, 0.3) is 5.91 Å². The molecular formula is C25H33ClFN5O3. The zero-order valence-corrected chi connectivity index (χ0v) is 21.5. The third-order valence-electron chi connectivity index (χ3n) is 6.51. The molecular weight excluding hydrogens is 473 g/mol. The summed E-state index contributed by atoms with van der Waals surface area (Å²) in [6, 6.07) is 3.57. The van der Waals surface area contributed by atoms with E-state index in [9.17, 15) is 14.0 Å². The van der Waals surface area contributed by atoms with Gasteiger partial charge in [-0.1, -0.05) is 32.4 Å². The first-order chi connectivity index (χ1) is 16.6. The zero-order valence-electron chi connectivity index (χ0n) is 20.7. The molecule has 2 amide bonds. The summed E-state index contributed by atoms with van der Waals surface area (Å²) in [5.74, 6) is -0.675. The van der Waals surface area contributed by atoms with Gasteiger partial charge in [0.05, 0.1) is 24.5 Å². The Morgan fingerprint density at radius 1 is 1.17 bits per heavy atom. The topological polar surface area (TPSA) is 79.7 Å². The van der Waals surface area contributed by atoms with E-state index in [2.05, 4.69) is 15.2 Å². The molecule has 1 fully saturated rings. The van der Waals surface area contributed by atoms with Crippen molar-refractivity contribution in [2.45, 2.75) is 46.3 Å². The number of hydrogen-bond donors (Lipinski definition) is 1. The van der Waals surface area contributed by atoms with Gasteiger partial charge in [0.15, 0.2) is 5.69 Å². The molecule has 0 aliphatic carbocycles. The number of imidazole rings is 1. The van der Waals surface area contributed by atoms with Gasteiger partial charge in [-0.15, -0.1) is 0 Å². The number of nitrogens with one attached hydrogen (secondary N) is 1. The van der Waals surface area contributed by atoms with E-state index in [1.165, 1.54) is 18.2 Å². The molecule has 0 bridgehead atoms. The first-order valence-electron chi connectivity index (χ1n) is 12.0. The van der Waals surface area contributed by atoms with Gasteiger partial charge in [0, 0.05) is 31.2 Å². The standard InChI is InChI=1S/C25H33ClFN5O3/c1-25(2,3)21(24(34)31-10-12-35-13-11-31)29-23(33)20-19-15-30(4)8-5-9-32(19)22(28-20)17-14-16(26)6-7-18(17)27/h6-7,14,21H,5,8-13,15H2,1-4H3,(H,29,33)/t21-/m1/s1. The van der Waals surface area contributed by atoms with Crippen LogP contribution in [0.15, 0.2) is 18.2 Å². The van der Waals surface area contributed by atoms with Crippen molar-refractivity contribution in [3.05, 3.63) is 40.4 Å². The van der Waals surface area contributed by atoms with E-state index in [1.807, 2.05) is 32.4 Å². The van der Waals surface area contributed by atoms with Crippen LogP contribution in [0.3, 0.4) is 0 Å². The summed E-state index contributed by atoms with van der Waals surface area (Å²) in [5, 5.41) is 3.35. The smallest absolute Gasteiger partial charge is 0.272 e. The van der Waals surface area contributed by atoms with Crippen LogP contribution in [-0.2, 0) is 22.6 Å². The first-order valence-corrected chi connectivity index (χ1v) is 12.3. The van der Waals surface area contributed by atoms with Crippen LogP contribution in [0, 0.1) is 11.2 Å². The summed E-state index contributed by atoms with van der Waals surface area (Å²) in [5.41, 5.74) is 0.625. The summed E-state index contributed by atoms with van der Waals surface area (Å²) in [7, 11) is 1.98. The molecule has 0 spiro atoms. The van der Waals surface area contributed by atoms with E-state index in [0.29, 0.717) is 55.9 Å². The number of fused-ring (bicyclic) bond motifs is 1. The molecule has 8 nitrogen and oxygen atoms in total. The largest absolute Gasteiger partial charge is 0.378 e. The molecule has 10 heteroatoms. The van der Waals surface area contributed by atoms with Gasteiger partial charge in [0.2, 0.25) is 5.91 Å². The quantitative estimate of drug-likeness (QED) is 0.690. The lowest BCUT2D eigenvalue weighted by molar-refractivity contribution is -0.139. The van der Waals surface area contributed by atoms with E-state index < -0.39 is 23.2 Å². The fraction of sp³-hybridized carbons (Fsp3) is 0.560.